The molecule has 0 aliphatic heterocycles. The van der Waals surface area contributed by atoms with Gasteiger partial charge >= 0.3 is 0 Å². The highest BCUT2D eigenvalue weighted by Gasteiger charge is 2.49. The Morgan fingerprint density at radius 2 is 1.56 bits per heavy atom. The van der Waals surface area contributed by atoms with E-state index in [4.69, 9.17) is 9.16 Å². The number of non-ortho nitro benzene ring substituents is 1. The molecule has 5 nitrogen and oxygen atoms in total. The number of nitrogens with zero attached hydrogens (tertiary/aromatic N) is 1. The van der Waals surface area contributed by atoms with Crippen LogP contribution in [-0.2, 0) is 10.2 Å². The summed E-state index contributed by atoms with van der Waals surface area (Å²) in [6, 6.07) is 26.3. The highest BCUT2D eigenvalue weighted by atomic mass is 32.2. The van der Waals surface area contributed by atoms with Crippen molar-refractivity contribution in [3.05, 3.63) is 94.5 Å². The second-order valence-electron chi connectivity index (χ2n) is 10.1. The molecule has 3 aromatic carbocycles. The van der Waals surface area contributed by atoms with E-state index in [1.807, 2.05) is 31.4 Å². The van der Waals surface area contributed by atoms with Crippen LogP contribution in [0.15, 0.2) is 78.9 Å². The van der Waals surface area contributed by atoms with Crippen molar-refractivity contribution in [2.24, 2.45) is 0 Å². The van der Waals surface area contributed by atoms with Gasteiger partial charge < -0.3 is 9.16 Å². The van der Waals surface area contributed by atoms with Gasteiger partial charge in [0, 0.05) is 18.4 Å². The van der Waals surface area contributed by atoms with E-state index < -0.39 is 8.32 Å². The van der Waals surface area contributed by atoms with Crippen LogP contribution in [0.1, 0.15) is 46.1 Å². The Hall–Kier alpha value is -2.61. The average molecular weight is 524 g/mol. The molecule has 0 N–H and O–H groups in total. The molecule has 0 aromatic heterocycles. The Bertz CT molecular complexity index is 1080. The summed E-state index contributed by atoms with van der Waals surface area (Å²) < 4.78 is 13.1. The van der Waals surface area contributed by atoms with Gasteiger partial charge in [0.15, 0.2) is 0 Å². The summed E-state index contributed by atoms with van der Waals surface area (Å²) in [6.45, 7) is 9.46. The maximum absolute atomic E-state index is 11.3. The van der Waals surface area contributed by atoms with E-state index in [2.05, 4.69) is 69.3 Å². The number of rotatable bonds is 12. The summed E-state index contributed by atoms with van der Waals surface area (Å²) in [5.74, 6) is 1.26. The predicted octanol–water partition coefficient (Wildman–Crippen LogP) is 6.58. The molecule has 3 rings (SSSR count). The van der Waals surface area contributed by atoms with Crippen LogP contribution < -0.4 is 15.1 Å². The number of nitro groups is 1. The third-order valence-electron chi connectivity index (χ3n) is 6.30. The van der Waals surface area contributed by atoms with E-state index in [1.165, 1.54) is 16.4 Å². The summed E-state index contributed by atoms with van der Waals surface area (Å²) in [5.41, 5.74) is 0.965. The molecule has 0 aliphatic rings. The number of nitro benzene ring substituents is 1. The van der Waals surface area contributed by atoms with E-state index in [0.717, 1.165) is 18.4 Å². The topological polar surface area (TPSA) is 61.6 Å². The van der Waals surface area contributed by atoms with Crippen LogP contribution in [0.5, 0.6) is 5.75 Å². The molecular formula is C29H37NO4SSi. The fraction of sp³-hybridized carbons (Fsp3) is 0.379. The van der Waals surface area contributed by atoms with Crippen LogP contribution in [0.2, 0.25) is 5.04 Å². The third kappa shape index (κ3) is 6.78. The minimum Gasteiger partial charge on any atom is -0.490 e. The summed E-state index contributed by atoms with van der Waals surface area (Å²) in [4.78, 5) is 11.0. The van der Waals surface area contributed by atoms with E-state index >= 15 is 0 Å². The number of ether oxygens (including phenoxy) is 1. The van der Waals surface area contributed by atoms with Crippen molar-refractivity contribution in [2.45, 2.75) is 57.4 Å². The molecule has 0 aliphatic carbocycles. The van der Waals surface area contributed by atoms with Gasteiger partial charge in [0.1, 0.15) is 5.75 Å². The normalized spacial score (nSPS) is 12.8. The Morgan fingerprint density at radius 3 is 2.06 bits per heavy atom. The fourth-order valence-electron chi connectivity index (χ4n) is 4.72. The third-order valence-corrected chi connectivity index (χ3v) is 12.0. The molecule has 0 fully saturated rings. The molecule has 0 radical (unpaired) electrons. The monoisotopic (exact) mass is 523 g/mol. The molecule has 0 heterocycles. The zero-order valence-corrected chi connectivity index (χ0v) is 23.7. The minimum absolute atomic E-state index is 0.0610. The van der Waals surface area contributed by atoms with Crippen LogP contribution >= 0.6 is 11.8 Å². The first-order chi connectivity index (χ1) is 17.2. The lowest BCUT2D eigenvalue weighted by molar-refractivity contribution is -0.385. The number of hydrogen-bond donors (Lipinski definition) is 0. The van der Waals surface area contributed by atoms with Gasteiger partial charge in [-0.15, -0.1) is 0 Å². The smallest absolute Gasteiger partial charge is 0.273 e. The first-order valence-electron chi connectivity index (χ1n) is 12.4. The Morgan fingerprint density at radius 1 is 0.972 bits per heavy atom. The lowest BCUT2D eigenvalue weighted by atomic mass is 10.2. The molecule has 0 bridgehead atoms. The van der Waals surface area contributed by atoms with Crippen LogP contribution in [0.4, 0.5) is 5.69 Å². The van der Waals surface area contributed by atoms with E-state index in [1.54, 1.807) is 17.8 Å². The van der Waals surface area contributed by atoms with E-state index in [0.29, 0.717) is 18.1 Å². The van der Waals surface area contributed by atoms with Gasteiger partial charge in [0.2, 0.25) is 0 Å². The van der Waals surface area contributed by atoms with Crippen molar-refractivity contribution < 1.29 is 14.1 Å². The molecule has 0 saturated carbocycles. The second kappa shape index (κ2) is 12.6. The molecule has 7 heteroatoms. The highest BCUT2D eigenvalue weighted by Crippen LogP contribution is 2.37. The van der Waals surface area contributed by atoms with Gasteiger partial charge in [0.25, 0.3) is 14.0 Å². The zero-order valence-electron chi connectivity index (χ0n) is 21.9. The molecule has 1 atom stereocenters. The summed E-state index contributed by atoms with van der Waals surface area (Å²) in [6.07, 6.45) is 3.52. The molecule has 3 aromatic rings. The van der Waals surface area contributed by atoms with Crippen LogP contribution in [0, 0.1) is 10.1 Å². The summed E-state index contributed by atoms with van der Waals surface area (Å²) in [7, 11) is -2.55. The van der Waals surface area contributed by atoms with Crippen LogP contribution in [0.3, 0.4) is 0 Å². The standard InChI is InChI=1S/C29H37NO4SSi/c1-23(34-26-20-24(22-35-5)19-25(21-26)30(31)32)13-12-18-33-36(29(2,3)4,27-14-8-6-9-15-27)28-16-10-7-11-17-28/h6-11,14-17,19-21,23H,12-13,18,22H2,1-5H3. The number of hydrogen-bond acceptors (Lipinski definition) is 5. The average Bonchev–Trinajstić information content (AvgIpc) is 2.84. The molecule has 0 amide bonds. The van der Waals surface area contributed by atoms with Crippen molar-refractivity contribution >= 4 is 36.1 Å². The fourth-order valence-corrected chi connectivity index (χ4v) is 9.82. The van der Waals surface area contributed by atoms with Crippen LogP contribution in [0.25, 0.3) is 0 Å². The molecule has 1 unspecified atom stereocenters. The van der Waals surface area contributed by atoms with Crippen molar-refractivity contribution in [3.8, 4) is 5.75 Å². The Labute approximate surface area is 220 Å². The zero-order chi connectivity index (χ0) is 26.2. The highest BCUT2D eigenvalue weighted by molar-refractivity contribution is 7.97. The van der Waals surface area contributed by atoms with Gasteiger partial charge in [-0.25, -0.2) is 0 Å². The largest absolute Gasteiger partial charge is 0.490 e. The van der Waals surface area contributed by atoms with Crippen molar-refractivity contribution in [3.63, 3.8) is 0 Å². The van der Waals surface area contributed by atoms with Crippen molar-refractivity contribution in [1.82, 2.24) is 0 Å². The van der Waals surface area contributed by atoms with Gasteiger partial charge in [0.05, 0.1) is 17.1 Å². The maximum atomic E-state index is 11.3. The van der Waals surface area contributed by atoms with Crippen molar-refractivity contribution in [2.75, 3.05) is 12.9 Å². The van der Waals surface area contributed by atoms with E-state index in [9.17, 15) is 10.1 Å². The molecule has 0 saturated heterocycles. The molecular weight excluding hydrogens is 486 g/mol. The van der Waals surface area contributed by atoms with Gasteiger partial charge in [-0.3, -0.25) is 10.1 Å². The van der Waals surface area contributed by atoms with Gasteiger partial charge in [-0.05, 0) is 53.1 Å². The number of benzene rings is 3. The van der Waals surface area contributed by atoms with Gasteiger partial charge in [-0.2, -0.15) is 11.8 Å². The first kappa shape index (κ1) is 28.0. The second-order valence-corrected chi connectivity index (χ2v) is 15.3. The molecule has 192 valence electrons. The first-order valence-corrected chi connectivity index (χ1v) is 15.7. The van der Waals surface area contributed by atoms with Crippen LogP contribution in [-0.4, -0.2) is 32.2 Å². The lowest BCUT2D eigenvalue weighted by Gasteiger charge is -2.43. The summed E-state index contributed by atoms with van der Waals surface area (Å²) in [5, 5.41) is 13.8. The SMILES string of the molecule is CSCc1cc(OC(C)CCCO[Si](c2ccccc2)(c2ccccc2)C(C)(C)C)cc([N+](=O)[O-])c1. The summed E-state index contributed by atoms with van der Waals surface area (Å²) >= 11 is 1.63. The Balaban J connectivity index is 1.72. The predicted molar refractivity (Wildman–Crippen MR) is 153 cm³/mol. The number of thioether (sulfide) groups is 1. The minimum atomic E-state index is -2.55. The van der Waals surface area contributed by atoms with Gasteiger partial charge in [-0.1, -0.05) is 81.4 Å². The van der Waals surface area contributed by atoms with E-state index in [-0.39, 0.29) is 21.8 Å². The lowest BCUT2D eigenvalue weighted by Crippen LogP contribution is -2.66. The quantitative estimate of drug-likeness (QED) is 0.116. The molecule has 0 spiro atoms. The van der Waals surface area contributed by atoms with Crippen molar-refractivity contribution in [1.29, 1.82) is 0 Å². The Kier molecular flexibility index (Phi) is 9.76. The molecule has 36 heavy (non-hydrogen) atoms. The maximum Gasteiger partial charge on any atom is 0.273 e.